The van der Waals surface area contributed by atoms with Crippen molar-refractivity contribution in [2.75, 3.05) is 0 Å². The third-order valence-electron chi connectivity index (χ3n) is 5.76. The molecule has 1 heterocycles. The molecule has 0 aliphatic carbocycles. The Balaban J connectivity index is 2.34. The summed E-state index contributed by atoms with van der Waals surface area (Å²) in [6.07, 6.45) is 0. The van der Waals surface area contributed by atoms with Gasteiger partial charge in [0.25, 0.3) is 8.32 Å². The molecule has 0 aromatic heterocycles. The third-order valence-corrected chi connectivity index (χ3v) is 11.0. The lowest BCUT2D eigenvalue weighted by atomic mass is 9.79. The molecule has 1 saturated heterocycles. The van der Waals surface area contributed by atoms with Crippen LogP contribution in [0.2, 0.25) is 28.2 Å². The van der Waals surface area contributed by atoms with Crippen LogP contribution in [0.25, 0.3) is 0 Å². The summed E-state index contributed by atoms with van der Waals surface area (Å²) < 4.78 is 18.5. The Hall–Kier alpha value is -0.198. The average Bonchev–Trinajstić information content (AvgIpc) is 2.62. The molecule has 0 unspecified atom stereocenters. The van der Waals surface area contributed by atoms with E-state index < -0.39 is 26.6 Å². The molecule has 0 N–H and O–H groups in total. The fourth-order valence-electron chi connectivity index (χ4n) is 2.21. The van der Waals surface area contributed by atoms with Crippen molar-refractivity contribution in [1.29, 1.82) is 0 Å². The van der Waals surface area contributed by atoms with Gasteiger partial charge in [-0.15, -0.1) is 0 Å². The minimum absolute atomic E-state index is 0.0766. The Bertz CT molecular complexity index is 653. The first-order valence-electron chi connectivity index (χ1n) is 8.62. The van der Waals surface area contributed by atoms with Gasteiger partial charge >= 0.3 is 7.12 Å². The number of hydrogen-bond donors (Lipinski definition) is 0. The first-order chi connectivity index (χ1) is 11.1. The van der Waals surface area contributed by atoms with Gasteiger partial charge in [0.15, 0.2) is 0 Å². The molecule has 140 valence electrons. The van der Waals surface area contributed by atoms with Crippen LogP contribution in [0.5, 0.6) is 5.75 Å². The predicted molar refractivity (Wildman–Crippen MR) is 110 cm³/mol. The summed E-state index contributed by atoms with van der Waals surface area (Å²) in [4.78, 5) is 0. The van der Waals surface area contributed by atoms with Crippen molar-refractivity contribution < 1.29 is 13.7 Å². The summed E-state index contributed by atoms with van der Waals surface area (Å²) in [5.41, 5.74) is -0.124. The first kappa shape index (κ1) is 21.1. The largest absolute Gasteiger partial charge is 0.542 e. The van der Waals surface area contributed by atoms with Crippen molar-refractivity contribution in [3.63, 3.8) is 0 Å². The molecule has 1 aliphatic rings. The van der Waals surface area contributed by atoms with Crippen LogP contribution >= 0.6 is 23.2 Å². The second-order valence-corrected chi connectivity index (χ2v) is 14.7. The molecule has 1 aromatic carbocycles. The topological polar surface area (TPSA) is 27.7 Å². The Kier molecular flexibility index (Phi) is 5.45. The SMILES string of the molecule is CC1(C)OB(c2ccc(O[Si](C)(C)C(C)(C)C)c(Cl)c2Cl)OC1(C)C. The van der Waals surface area contributed by atoms with Crippen molar-refractivity contribution >= 4 is 44.1 Å². The highest BCUT2D eigenvalue weighted by molar-refractivity contribution is 6.75. The number of halogens is 2. The van der Waals surface area contributed by atoms with Crippen LogP contribution in [-0.2, 0) is 9.31 Å². The lowest BCUT2D eigenvalue weighted by molar-refractivity contribution is 0.00578. The standard InChI is InChI=1S/C18H29BCl2O3Si/c1-16(2,3)25(8,9)22-13-11-10-12(14(20)15(13)21)19-23-17(4,5)18(6,7)24-19/h10-11H,1-9H3. The maximum Gasteiger partial charge on any atom is 0.496 e. The van der Waals surface area contributed by atoms with Gasteiger partial charge in [0.1, 0.15) is 5.75 Å². The Morgan fingerprint density at radius 3 is 1.88 bits per heavy atom. The van der Waals surface area contributed by atoms with E-state index in [0.717, 1.165) is 5.46 Å². The molecular formula is C18H29BCl2O3Si. The van der Waals surface area contributed by atoms with Gasteiger partial charge in [-0.3, -0.25) is 0 Å². The fourth-order valence-corrected chi connectivity index (χ4v) is 3.75. The summed E-state index contributed by atoms with van der Waals surface area (Å²) in [5, 5.41) is 0.919. The van der Waals surface area contributed by atoms with E-state index in [1.165, 1.54) is 0 Å². The van der Waals surface area contributed by atoms with Crippen molar-refractivity contribution in [3.8, 4) is 5.75 Å². The summed E-state index contributed by atoms with van der Waals surface area (Å²) in [6.45, 7) is 19.0. The van der Waals surface area contributed by atoms with Crippen LogP contribution in [-0.4, -0.2) is 26.6 Å². The molecule has 0 spiro atoms. The number of benzene rings is 1. The molecule has 2 rings (SSSR count). The summed E-state index contributed by atoms with van der Waals surface area (Å²) in [7, 11) is -2.55. The van der Waals surface area contributed by atoms with Gasteiger partial charge in [-0.2, -0.15) is 0 Å². The Labute approximate surface area is 163 Å². The summed E-state index contributed by atoms with van der Waals surface area (Å²) in [6, 6.07) is 3.76. The van der Waals surface area contributed by atoms with Crippen LogP contribution in [0.15, 0.2) is 12.1 Å². The minimum Gasteiger partial charge on any atom is -0.542 e. The second kappa shape index (κ2) is 6.45. The maximum atomic E-state index is 6.55. The van der Waals surface area contributed by atoms with E-state index in [2.05, 4.69) is 33.9 Å². The molecule has 25 heavy (non-hydrogen) atoms. The van der Waals surface area contributed by atoms with Crippen LogP contribution in [0.3, 0.4) is 0 Å². The van der Waals surface area contributed by atoms with Crippen LogP contribution in [0.4, 0.5) is 0 Å². The van der Waals surface area contributed by atoms with E-state index in [1.807, 2.05) is 39.8 Å². The highest BCUT2D eigenvalue weighted by atomic mass is 35.5. The van der Waals surface area contributed by atoms with Crippen molar-refractivity contribution in [1.82, 2.24) is 0 Å². The first-order valence-corrected chi connectivity index (χ1v) is 12.3. The van der Waals surface area contributed by atoms with Crippen molar-refractivity contribution in [3.05, 3.63) is 22.2 Å². The highest BCUT2D eigenvalue weighted by Gasteiger charge is 2.52. The smallest absolute Gasteiger partial charge is 0.496 e. The molecule has 3 nitrogen and oxygen atoms in total. The Morgan fingerprint density at radius 1 is 0.960 bits per heavy atom. The predicted octanol–water partition coefficient (Wildman–Crippen LogP) is 5.68. The molecule has 0 radical (unpaired) electrons. The van der Waals surface area contributed by atoms with Gasteiger partial charge < -0.3 is 13.7 Å². The highest BCUT2D eigenvalue weighted by Crippen LogP contribution is 2.42. The van der Waals surface area contributed by atoms with E-state index in [4.69, 9.17) is 36.9 Å². The number of hydrogen-bond acceptors (Lipinski definition) is 3. The van der Waals surface area contributed by atoms with Crippen LogP contribution in [0.1, 0.15) is 48.5 Å². The number of rotatable bonds is 3. The van der Waals surface area contributed by atoms with E-state index in [1.54, 1.807) is 0 Å². The zero-order valence-corrected chi connectivity index (χ0v) is 19.2. The van der Waals surface area contributed by atoms with E-state index in [0.29, 0.717) is 15.8 Å². The van der Waals surface area contributed by atoms with Gasteiger partial charge in [-0.25, -0.2) is 0 Å². The maximum absolute atomic E-state index is 6.55. The Morgan fingerprint density at radius 2 is 1.44 bits per heavy atom. The van der Waals surface area contributed by atoms with E-state index >= 15 is 0 Å². The average molecular weight is 403 g/mol. The lowest BCUT2D eigenvalue weighted by Gasteiger charge is -2.36. The zero-order valence-electron chi connectivity index (χ0n) is 16.7. The van der Waals surface area contributed by atoms with E-state index in [9.17, 15) is 0 Å². The van der Waals surface area contributed by atoms with Gasteiger partial charge in [-0.05, 0) is 51.9 Å². The molecular weight excluding hydrogens is 374 g/mol. The lowest BCUT2D eigenvalue weighted by Crippen LogP contribution is -2.44. The van der Waals surface area contributed by atoms with E-state index in [-0.39, 0.29) is 5.04 Å². The van der Waals surface area contributed by atoms with Crippen molar-refractivity contribution in [2.24, 2.45) is 0 Å². The molecule has 0 amide bonds. The van der Waals surface area contributed by atoms with Gasteiger partial charge in [0.2, 0.25) is 0 Å². The normalized spacial score (nSPS) is 20.0. The molecule has 0 saturated carbocycles. The van der Waals surface area contributed by atoms with Crippen LogP contribution < -0.4 is 9.89 Å². The fraction of sp³-hybridized carbons (Fsp3) is 0.667. The third kappa shape index (κ3) is 3.91. The van der Waals surface area contributed by atoms with Gasteiger partial charge in [0, 0.05) is 5.46 Å². The molecule has 0 bridgehead atoms. The van der Waals surface area contributed by atoms with Gasteiger partial charge in [0.05, 0.1) is 21.2 Å². The van der Waals surface area contributed by atoms with Crippen LogP contribution in [0, 0.1) is 0 Å². The molecule has 1 fully saturated rings. The van der Waals surface area contributed by atoms with Crippen molar-refractivity contribution in [2.45, 2.75) is 77.8 Å². The zero-order chi connectivity index (χ0) is 19.4. The summed E-state index contributed by atoms with van der Waals surface area (Å²) in [5.74, 6) is 0.624. The summed E-state index contributed by atoms with van der Waals surface area (Å²) >= 11 is 13.1. The monoisotopic (exact) mass is 402 g/mol. The molecule has 7 heteroatoms. The molecule has 1 aromatic rings. The minimum atomic E-state index is -2.00. The quantitative estimate of drug-likeness (QED) is 0.608. The molecule has 1 aliphatic heterocycles. The second-order valence-electron chi connectivity index (χ2n) is 9.23. The van der Waals surface area contributed by atoms with Gasteiger partial charge in [-0.1, -0.05) is 50.0 Å². The molecule has 0 atom stereocenters.